The fraction of sp³-hybridized carbons (Fsp3) is 0.208. The topological polar surface area (TPSA) is 94.3 Å². The summed E-state index contributed by atoms with van der Waals surface area (Å²) in [5.74, 6) is -1.15. The Kier molecular flexibility index (Phi) is 8.10. The highest BCUT2D eigenvalue weighted by Crippen LogP contribution is 2.17. The maximum absolute atomic E-state index is 13.0. The number of nitrogens with two attached hydrogens (primary N) is 1. The molecule has 0 spiro atoms. The van der Waals surface area contributed by atoms with Crippen molar-refractivity contribution in [1.29, 1.82) is 0 Å². The number of aryl methyl sites for hydroxylation is 1. The van der Waals surface area contributed by atoms with Gasteiger partial charge in [0.05, 0.1) is 16.6 Å². The molecule has 1 atom stereocenters. The second-order valence-electron chi connectivity index (χ2n) is 7.23. The van der Waals surface area contributed by atoms with Crippen LogP contribution in [0.15, 0.2) is 60.0 Å². The molecule has 3 N–H and O–H groups in total. The molecule has 6 nitrogen and oxygen atoms in total. The standard InChI is InChI=1S/C24H24FN3O3S/c1-16-28-21(15-32-16)14-31-22-4-2-3-17(12-22)7-10-23(29)27-13-19(24(26)30)11-18-5-8-20(25)9-6-18/h2-10,12,15,19H,11,13-14H2,1H3,(H2,26,30)(H,27,29)/b10-7+. The van der Waals surface area contributed by atoms with Crippen molar-refractivity contribution in [3.8, 4) is 5.75 Å². The van der Waals surface area contributed by atoms with Crippen molar-refractivity contribution in [3.63, 3.8) is 0 Å². The first kappa shape index (κ1) is 23.1. The molecular weight excluding hydrogens is 429 g/mol. The van der Waals surface area contributed by atoms with Gasteiger partial charge in [0.1, 0.15) is 18.2 Å². The van der Waals surface area contributed by atoms with E-state index in [0.29, 0.717) is 18.8 Å². The van der Waals surface area contributed by atoms with Gasteiger partial charge in [0.2, 0.25) is 11.8 Å². The maximum atomic E-state index is 13.0. The molecular formula is C24H24FN3O3S. The van der Waals surface area contributed by atoms with E-state index in [2.05, 4.69) is 10.3 Å². The van der Waals surface area contributed by atoms with Gasteiger partial charge in [-0.2, -0.15) is 0 Å². The van der Waals surface area contributed by atoms with Crippen molar-refractivity contribution in [2.45, 2.75) is 20.0 Å². The summed E-state index contributed by atoms with van der Waals surface area (Å²) in [7, 11) is 0. The number of halogens is 1. The number of rotatable bonds is 10. The molecule has 0 bridgehead atoms. The van der Waals surface area contributed by atoms with Crippen LogP contribution in [0.4, 0.5) is 4.39 Å². The molecule has 3 rings (SSSR count). The van der Waals surface area contributed by atoms with E-state index in [0.717, 1.165) is 21.8 Å². The van der Waals surface area contributed by atoms with E-state index in [1.165, 1.54) is 18.2 Å². The molecule has 0 saturated carbocycles. The van der Waals surface area contributed by atoms with Crippen molar-refractivity contribution < 1.29 is 18.7 Å². The molecule has 2 aromatic carbocycles. The minimum absolute atomic E-state index is 0.0894. The summed E-state index contributed by atoms with van der Waals surface area (Å²) < 4.78 is 18.8. The van der Waals surface area contributed by atoms with Crippen LogP contribution < -0.4 is 15.8 Å². The van der Waals surface area contributed by atoms with Crippen molar-refractivity contribution in [2.75, 3.05) is 6.54 Å². The Morgan fingerprint density at radius 2 is 2.03 bits per heavy atom. The zero-order chi connectivity index (χ0) is 22.9. The normalized spacial score (nSPS) is 11.9. The summed E-state index contributed by atoms with van der Waals surface area (Å²) >= 11 is 1.57. The van der Waals surface area contributed by atoms with Crippen LogP contribution in [-0.2, 0) is 22.6 Å². The lowest BCUT2D eigenvalue weighted by Gasteiger charge is -2.13. The maximum Gasteiger partial charge on any atom is 0.244 e. The van der Waals surface area contributed by atoms with Gasteiger partial charge in [-0.05, 0) is 54.8 Å². The molecule has 0 aliphatic heterocycles. The largest absolute Gasteiger partial charge is 0.487 e. The zero-order valence-corrected chi connectivity index (χ0v) is 18.4. The number of benzene rings is 2. The highest BCUT2D eigenvalue weighted by molar-refractivity contribution is 7.09. The van der Waals surface area contributed by atoms with Crippen LogP contribution in [0.1, 0.15) is 21.8 Å². The first-order valence-electron chi connectivity index (χ1n) is 10.0. The molecule has 1 heterocycles. The molecule has 0 aliphatic carbocycles. The van der Waals surface area contributed by atoms with Crippen LogP contribution in [-0.4, -0.2) is 23.3 Å². The van der Waals surface area contributed by atoms with E-state index < -0.39 is 11.8 Å². The Labute approximate surface area is 189 Å². The molecule has 0 fully saturated rings. The van der Waals surface area contributed by atoms with Gasteiger partial charge in [-0.15, -0.1) is 11.3 Å². The number of hydrogen-bond acceptors (Lipinski definition) is 5. The van der Waals surface area contributed by atoms with Crippen LogP contribution in [0.25, 0.3) is 6.08 Å². The van der Waals surface area contributed by atoms with E-state index in [4.69, 9.17) is 10.5 Å². The number of amides is 2. The number of thiazole rings is 1. The minimum atomic E-state index is -0.594. The molecule has 32 heavy (non-hydrogen) atoms. The lowest BCUT2D eigenvalue weighted by atomic mass is 9.98. The van der Waals surface area contributed by atoms with Crippen LogP contribution >= 0.6 is 11.3 Å². The van der Waals surface area contributed by atoms with Gasteiger partial charge in [-0.3, -0.25) is 9.59 Å². The van der Waals surface area contributed by atoms with E-state index in [-0.39, 0.29) is 18.3 Å². The summed E-state index contributed by atoms with van der Waals surface area (Å²) in [6.07, 6.45) is 3.37. The zero-order valence-electron chi connectivity index (χ0n) is 17.6. The Morgan fingerprint density at radius 1 is 1.25 bits per heavy atom. The second-order valence-corrected chi connectivity index (χ2v) is 8.29. The van der Waals surface area contributed by atoms with Gasteiger partial charge in [-0.25, -0.2) is 9.37 Å². The third-order valence-electron chi connectivity index (χ3n) is 4.66. The average Bonchev–Trinajstić information content (AvgIpc) is 3.20. The monoisotopic (exact) mass is 453 g/mol. The highest BCUT2D eigenvalue weighted by Gasteiger charge is 2.16. The smallest absolute Gasteiger partial charge is 0.244 e. The molecule has 1 unspecified atom stereocenters. The first-order chi connectivity index (χ1) is 15.4. The van der Waals surface area contributed by atoms with Gasteiger partial charge in [-0.1, -0.05) is 24.3 Å². The second kappa shape index (κ2) is 11.2. The van der Waals surface area contributed by atoms with Crippen molar-refractivity contribution >= 4 is 29.2 Å². The molecule has 8 heteroatoms. The number of hydrogen-bond donors (Lipinski definition) is 2. The van der Waals surface area contributed by atoms with E-state index >= 15 is 0 Å². The number of carbonyl (C=O) groups is 2. The summed E-state index contributed by atoms with van der Waals surface area (Å²) in [6.45, 7) is 2.41. The van der Waals surface area contributed by atoms with E-state index in [1.807, 2.05) is 36.6 Å². The van der Waals surface area contributed by atoms with E-state index in [1.54, 1.807) is 29.5 Å². The molecule has 0 saturated heterocycles. The third-order valence-corrected chi connectivity index (χ3v) is 5.48. The van der Waals surface area contributed by atoms with Crippen LogP contribution in [0.2, 0.25) is 0 Å². The lowest BCUT2D eigenvalue weighted by Crippen LogP contribution is -2.36. The average molecular weight is 454 g/mol. The van der Waals surface area contributed by atoms with Crippen molar-refractivity contribution in [2.24, 2.45) is 11.7 Å². The molecule has 0 aliphatic rings. The van der Waals surface area contributed by atoms with E-state index in [9.17, 15) is 14.0 Å². The molecule has 166 valence electrons. The number of ether oxygens (including phenoxy) is 1. The van der Waals surface area contributed by atoms with Gasteiger partial charge in [0.25, 0.3) is 0 Å². The lowest BCUT2D eigenvalue weighted by molar-refractivity contribution is -0.122. The number of carbonyl (C=O) groups excluding carboxylic acids is 2. The predicted octanol–water partition coefficient (Wildman–Crippen LogP) is 3.64. The molecule has 0 radical (unpaired) electrons. The van der Waals surface area contributed by atoms with Gasteiger partial charge < -0.3 is 15.8 Å². The molecule has 2 amide bonds. The molecule has 1 aromatic heterocycles. The van der Waals surface area contributed by atoms with Crippen molar-refractivity contribution in [3.05, 3.63) is 87.6 Å². The number of primary amides is 1. The van der Waals surface area contributed by atoms with Gasteiger partial charge >= 0.3 is 0 Å². The quantitative estimate of drug-likeness (QED) is 0.458. The number of nitrogens with one attached hydrogen (secondary N) is 1. The van der Waals surface area contributed by atoms with Crippen LogP contribution in [0.5, 0.6) is 5.75 Å². The summed E-state index contributed by atoms with van der Waals surface area (Å²) in [5.41, 5.74) is 7.89. The number of aromatic nitrogens is 1. The Bertz CT molecular complexity index is 1100. The molecule has 3 aromatic rings. The fourth-order valence-electron chi connectivity index (χ4n) is 2.97. The first-order valence-corrected chi connectivity index (χ1v) is 10.9. The summed E-state index contributed by atoms with van der Waals surface area (Å²) in [5, 5.41) is 5.64. The third kappa shape index (κ3) is 7.31. The van der Waals surface area contributed by atoms with Crippen LogP contribution in [0, 0.1) is 18.7 Å². The van der Waals surface area contributed by atoms with Gasteiger partial charge in [0.15, 0.2) is 0 Å². The number of nitrogens with zero attached hydrogens (tertiary/aromatic N) is 1. The van der Waals surface area contributed by atoms with Crippen LogP contribution in [0.3, 0.4) is 0 Å². The summed E-state index contributed by atoms with van der Waals surface area (Å²) in [4.78, 5) is 28.3. The highest BCUT2D eigenvalue weighted by atomic mass is 32.1. The van der Waals surface area contributed by atoms with Crippen molar-refractivity contribution in [1.82, 2.24) is 10.3 Å². The Balaban J connectivity index is 1.51. The SMILES string of the molecule is Cc1nc(COc2cccc(/C=C/C(=O)NCC(Cc3ccc(F)cc3)C(N)=O)c2)cs1. The summed E-state index contributed by atoms with van der Waals surface area (Å²) in [6, 6.07) is 13.2. The fourth-order valence-corrected chi connectivity index (χ4v) is 3.57. The Morgan fingerprint density at radius 3 is 2.72 bits per heavy atom. The van der Waals surface area contributed by atoms with Gasteiger partial charge in [0, 0.05) is 18.0 Å². The predicted molar refractivity (Wildman–Crippen MR) is 122 cm³/mol. The minimum Gasteiger partial charge on any atom is -0.487 e. The Hall–Kier alpha value is -3.52.